The minimum Gasteiger partial charge on any atom is -0.481 e. The minimum absolute atomic E-state index is 0.0822. The third-order valence-electron chi connectivity index (χ3n) is 2.67. The number of barbiturate groups is 1. The number of hydrogen-bond donors (Lipinski definition) is 1. The van der Waals surface area contributed by atoms with Gasteiger partial charge in [-0.3, -0.25) is 24.2 Å². The Bertz CT molecular complexity index is 379. The molecule has 1 atom stereocenters. The number of rotatable bonds is 4. The summed E-state index contributed by atoms with van der Waals surface area (Å²) in [5.41, 5.74) is 0. The molecule has 1 saturated heterocycles. The average molecular weight is 242 g/mol. The van der Waals surface area contributed by atoms with Crippen molar-refractivity contribution in [3.05, 3.63) is 0 Å². The van der Waals surface area contributed by atoms with Crippen LogP contribution in [0.15, 0.2) is 0 Å². The number of nitrogens with zero attached hydrogens (tertiary/aromatic N) is 2. The molecule has 17 heavy (non-hydrogen) atoms. The minimum atomic E-state index is -1.08. The van der Waals surface area contributed by atoms with Crippen LogP contribution >= 0.6 is 0 Å². The van der Waals surface area contributed by atoms with E-state index in [1.807, 2.05) is 0 Å². The molecule has 0 saturated carbocycles. The maximum Gasteiger partial charge on any atom is 0.333 e. The van der Waals surface area contributed by atoms with Gasteiger partial charge in [0, 0.05) is 20.0 Å². The Morgan fingerprint density at radius 1 is 1.29 bits per heavy atom. The number of carbonyl (C=O) groups excluding carboxylic acids is 3. The lowest BCUT2D eigenvalue weighted by Gasteiger charge is -2.34. The second-order valence-electron chi connectivity index (χ2n) is 3.75. The third-order valence-corrected chi connectivity index (χ3v) is 2.67. The molecule has 1 heterocycles. The highest BCUT2D eigenvalue weighted by Crippen LogP contribution is 2.20. The molecule has 1 aliphatic rings. The standard InChI is InChI=1S/C10H14N2O5/c1-3-12-9(16)6(4-5-7(13)14)8(15)11(2)10(12)17/h6H,3-5H2,1-2H3,(H,13,14). The first-order valence-corrected chi connectivity index (χ1v) is 5.24. The lowest BCUT2D eigenvalue weighted by Crippen LogP contribution is -2.58. The van der Waals surface area contributed by atoms with E-state index in [0.29, 0.717) is 0 Å². The van der Waals surface area contributed by atoms with Crippen LogP contribution in [0.25, 0.3) is 0 Å². The van der Waals surface area contributed by atoms with Crippen LogP contribution in [0.1, 0.15) is 19.8 Å². The van der Waals surface area contributed by atoms with Crippen molar-refractivity contribution < 1.29 is 24.3 Å². The molecule has 1 fully saturated rings. The second kappa shape index (κ2) is 4.94. The zero-order valence-corrected chi connectivity index (χ0v) is 9.67. The Morgan fingerprint density at radius 3 is 2.35 bits per heavy atom. The van der Waals surface area contributed by atoms with Gasteiger partial charge in [0.2, 0.25) is 11.8 Å². The van der Waals surface area contributed by atoms with Crippen molar-refractivity contribution in [3.8, 4) is 0 Å². The second-order valence-corrected chi connectivity index (χ2v) is 3.75. The van der Waals surface area contributed by atoms with Crippen molar-refractivity contribution in [2.45, 2.75) is 19.8 Å². The summed E-state index contributed by atoms with van der Waals surface area (Å²) in [5.74, 6) is -3.38. The van der Waals surface area contributed by atoms with Crippen LogP contribution in [0.5, 0.6) is 0 Å². The first-order chi connectivity index (χ1) is 7.90. The van der Waals surface area contributed by atoms with Crippen molar-refractivity contribution in [1.29, 1.82) is 0 Å². The molecule has 1 unspecified atom stereocenters. The van der Waals surface area contributed by atoms with E-state index in [2.05, 4.69) is 0 Å². The summed E-state index contributed by atoms with van der Waals surface area (Å²) >= 11 is 0. The quantitative estimate of drug-likeness (QED) is 0.695. The van der Waals surface area contributed by atoms with Gasteiger partial charge >= 0.3 is 12.0 Å². The highest BCUT2D eigenvalue weighted by atomic mass is 16.4. The molecular formula is C10H14N2O5. The number of hydrogen-bond acceptors (Lipinski definition) is 4. The highest BCUT2D eigenvalue weighted by molar-refractivity contribution is 6.15. The average Bonchev–Trinajstić information content (AvgIpc) is 2.26. The number of carbonyl (C=O) groups is 4. The van der Waals surface area contributed by atoms with Crippen molar-refractivity contribution in [1.82, 2.24) is 9.80 Å². The maximum atomic E-state index is 11.8. The zero-order valence-electron chi connectivity index (χ0n) is 9.67. The van der Waals surface area contributed by atoms with Crippen LogP contribution < -0.4 is 0 Å². The van der Waals surface area contributed by atoms with E-state index in [4.69, 9.17) is 5.11 Å². The number of imide groups is 2. The molecule has 4 amide bonds. The summed E-state index contributed by atoms with van der Waals surface area (Å²) in [5, 5.41) is 8.54. The van der Waals surface area contributed by atoms with E-state index in [1.54, 1.807) is 6.92 Å². The molecule has 0 aromatic heterocycles. The predicted octanol–water partition coefficient (Wildman–Crippen LogP) is -0.0921. The van der Waals surface area contributed by atoms with Crippen LogP contribution in [0.4, 0.5) is 4.79 Å². The number of aliphatic carboxylic acids is 1. The largest absolute Gasteiger partial charge is 0.481 e. The molecule has 0 bridgehead atoms. The summed E-state index contributed by atoms with van der Waals surface area (Å²) in [6.07, 6.45) is -0.358. The van der Waals surface area contributed by atoms with E-state index >= 15 is 0 Å². The molecule has 7 nitrogen and oxygen atoms in total. The highest BCUT2D eigenvalue weighted by Gasteiger charge is 2.43. The van der Waals surface area contributed by atoms with Gasteiger partial charge in [0.1, 0.15) is 5.92 Å². The Kier molecular flexibility index (Phi) is 3.82. The van der Waals surface area contributed by atoms with Gasteiger partial charge in [-0.2, -0.15) is 0 Å². The summed E-state index contributed by atoms with van der Waals surface area (Å²) in [6.45, 7) is 1.78. The lowest BCUT2D eigenvalue weighted by atomic mass is 9.98. The zero-order chi connectivity index (χ0) is 13.2. The molecule has 1 N–H and O–H groups in total. The van der Waals surface area contributed by atoms with E-state index in [-0.39, 0.29) is 19.4 Å². The fourth-order valence-corrected chi connectivity index (χ4v) is 1.70. The predicted molar refractivity (Wildman–Crippen MR) is 55.9 cm³/mol. The van der Waals surface area contributed by atoms with Gasteiger partial charge in [0.15, 0.2) is 0 Å². The van der Waals surface area contributed by atoms with Gasteiger partial charge in [0.25, 0.3) is 0 Å². The summed E-state index contributed by atoms with van der Waals surface area (Å²) in [6, 6.07) is -0.658. The van der Waals surface area contributed by atoms with E-state index in [0.717, 1.165) is 9.80 Å². The van der Waals surface area contributed by atoms with E-state index in [1.165, 1.54) is 7.05 Å². The van der Waals surface area contributed by atoms with Gasteiger partial charge in [-0.05, 0) is 13.3 Å². The number of amides is 4. The van der Waals surface area contributed by atoms with Crippen LogP contribution in [0, 0.1) is 5.92 Å². The van der Waals surface area contributed by atoms with E-state index < -0.39 is 29.7 Å². The molecule has 1 rings (SSSR count). The fourth-order valence-electron chi connectivity index (χ4n) is 1.70. The smallest absolute Gasteiger partial charge is 0.333 e. The molecule has 7 heteroatoms. The van der Waals surface area contributed by atoms with Gasteiger partial charge in [-0.25, -0.2) is 4.79 Å². The summed E-state index contributed by atoms with van der Waals surface area (Å²) in [7, 11) is 1.29. The van der Waals surface area contributed by atoms with Gasteiger partial charge in [-0.15, -0.1) is 0 Å². The monoisotopic (exact) mass is 242 g/mol. The molecular weight excluding hydrogens is 228 g/mol. The summed E-state index contributed by atoms with van der Waals surface area (Å²) in [4.78, 5) is 47.3. The third kappa shape index (κ3) is 2.43. The maximum absolute atomic E-state index is 11.8. The first-order valence-electron chi connectivity index (χ1n) is 5.24. The summed E-state index contributed by atoms with van der Waals surface area (Å²) < 4.78 is 0. The number of urea groups is 1. The Labute approximate surface area is 98.0 Å². The molecule has 0 aromatic rings. The SMILES string of the molecule is CCN1C(=O)C(CCC(=O)O)C(=O)N(C)C1=O. The molecule has 1 aliphatic heterocycles. The Balaban J connectivity index is 2.88. The van der Waals surface area contributed by atoms with Crippen molar-refractivity contribution in [2.75, 3.05) is 13.6 Å². The van der Waals surface area contributed by atoms with Crippen LogP contribution in [-0.2, 0) is 14.4 Å². The molecule has 0 aromatic carbocycles. The van der Waals surface area contributed by atoms with Gasteiger partial charge < -0.3 is 5.11 Å². The van der Waals surface area contributed by atoms with E-state index in [9.17, 15) is 19.2 Å². The molecule has 0 spiro atoms. The van der Waals surface area contributed by atoms with Crippen molar-refractivity contribution in [3.63, 3.8) is 0 Å². The molecule has 94 valence electrons. The van der Waals surface area contributed by atoms with Crippen LogP contribution in [0.3, 0.4) is 0 Å². The van der Waals surface area contributed by atoms with Crippen molar-refractivity contribution >= 4 is 23.8 Å². The number of carboxylic acids is 1. The fraction of sp³-hybridized carbons (Fsp3) is 0.600. The Hall–Kier alpha value is -1.92. The first kappa shape index (κ1) is 13.1. The van der Waals surface area contributed by atoms with Crippen LogP contribution in [-0.4, -0.2) is 52.3 Å². The topological polar surface area (TPSA) is 95.0 Å². The van der Waals surface area contributed by atoms with Crippen molar-refractivity contribution in [2.24, 2.45) is 5.92 Å². The molecule has 0 aliphatic carbocycles. The lowest BCUT2D eigenvalue weighted by molar-refractivity contribution is -0.149. The van der Waals surface area contributed by atoms with Crippen LogP contribution in [0.2, 0.25) is 0 Å². The molecule has 0 radical (unpaired) electrons. The normalized spacial score (nSPS) is 21.1. The van der Waals surface area contributed by atoms with Gasteiger partial charge in [-0.1, -0.05) is 0 Å². The Morgan fingerprint density at radius 2 is 1.88 bits per heavy atom. The number of carboxylic acid groups (broad SMARTS) is 1. The van der Waals surface area contributed by atoms with Gasteiger partial charge in [0.05, 0.1) is 0 Å².